The molecule has 0 aromatic heterocycles. The summed E-state index contributed by atoms with van der Waals surface area (Å²) in [6, 6.07) is 14.0. The minimum atomic E-state index is -0.264. The highest BCUT2D eigenvalue weighted by Crippen LogP contribution is 2.46. The Labute approximate surface area is 157 Å². The molecule has 2 aromatic rings. The molecule has 2 fully saturated rings. The van der Waals surface area contributed by atoms with Crippen molar-refractivity contribution in [3.05, 3.63) is 64.9 Å². The number of halogens is 2. The van der Waals surface area contributed by atoms with Crippen LogP contribution >= 0.6 is 11.6 Å². The smallest absolute Gasteiger partial charge is 0.316 e. The molecule has 0 spiro atoms. The first kappa shape index (κ1) is 17.5. The molecule has 2 heterocycles. The number of carbonyl (C=O) groups is 1. The molecule has 1 unspecified atom stereocenters. The van der Waals surface area contributed by atoms with Crippen LogP contribution < -0.4 is 4.74 Å². The number of benzene rings is 2. The largest absolute Gasteiger partial charge is 0.426 e. The maximum absolute atomic E-state index is 13.3. The molecule has 0 saturated carbocycles. The molecule has 0 N–H and O–H groups in total. The summed E-state index contributed by atoms with van der Waals surface area (Å²) in [5, 5.41) is 0.602. The Bertz CT molecular complexity index is 793. The van der Waals surface area contributed by atoms with Gasteiger partial charge in [-0.05, 0) is 68.3 Å². The van der Waals surface area contributed by atoms with Crippen LogP contribution in [0.15, 0.2) is 48.5 Å². The molecular formula is C21H21ClFNO2. The predicted molar refractivity (Wildman–Crippen MR) is 98.9 cm³/mol. The van der Waals surface area contributed by atoms with Crippen LogP contribution in [0.2, 0.25) is 5.02 Å². The third-order valence-corrected chi connectivity index (χ3v) is 6.12. The van der Waals surface area contributed by atoms with Gasteiger partial charge in [0.05, 0.1) is 5.92 Å². The zero-order valence-electron chi connectivity index (χ0n) is 14.6. The molecule has 4 rings (SSSR count). The van der Waals surface area contributed by atoms with E-state index in [0.29, 0.717) is 16.8 Å². The first-order valence-electron chi connectivity index (χ1n) is 8.97. The van der Waals surface area contributed by atoms with E-state index in [1.807, 2.05) is 0 Å². The Morgan fingerprint density at radius 1 is 1.12 bits per heavy atom. The van der Waals surface area contributed by atoms with Gasteiger partial charge in [0.15, 0.2) is 0 Å². The van der Waals surface area contributed by atoms with Crippen LogP contribution in [-0.4, -0.2) is 30.0 Å². The van der Waals surface area contributed by atoms with Gasteiger partial charge in [-0.15, -0.1) is 0 Å². The molecule has 2 aliphatic rings. The normalized spacial score (nSPS) is 28.1. The van der Waals surface area contributed by atoms with Gasteiger partial charge in [0.25, 0.3) is 0 Å². The Hall–Kier alpha value is -1.91. The van der Waals surface area contributed by atoms with E-state index in [0.717, 1.165) is 24.8 Å². The Morgan fingerprint density at radius 2 is 1.81 bits per heavy atom. The number of ether oxygens (including phenoxy) is 1. The quantitative estimate of drug-likeness (QED) is 0.579. The van der Waals surface area contributed by atoms with Crippen LogP contribution in [0.4, 0.5) is 4.39 Å². The third kappa shape index (κ3) is 3.24. The number of rotatable bonds is 3. The average Bonchev–Trinajstić information content (AvgIpc) is 2.87. The van der Waals surface area contributed by atoms with Gasteiger partial charge in [0.2, 0.25) is 0 Å². The summed E-state index contributed by atoms with van der Waals surface area (Å²) in [5.41, 5.74) is 1.01. The Kier molecular flexibility index (Phi) is 4.72. The van der Waals surface area contributed by atoms with E-state index < -0.39 is 0 Å². The summed E-state index contributed by atoms with van der Waals surface area (Å²) in [6.45, 7) is 0. The second-order valence-electron chi connectivity index (χ2n) is 7.26. The van der Waals surface area contributed by atoms with Crippen molar-refractivity contribution in [1.82, 2.24) is 4.90 Å². The number of nitrogens with zero attached hydrogens (tertiary/aromatic N) is 1. The first-order chi connectivity index (χ1) is 12.5. The van der Waals surface area contributed by atoms with Crippen LogP contribution in [0.1, 0.15) is 30.7 Å². The molecular weight excluding hydrogens is 353 g/mol. The van der Waals surface area contributed by atoms with Crippen LogP contribution in [0.25, 0.3) is 0 Å². The van der Waals surface area contributed by atoms with Crippen molar-refractivity contribution in [2.45, 2.75) is 37.3 Å². The second kappa shape index (κ2) is 7.01. The fourth-order valence-electron chi connectivity index (χ4n) is 4.53. The molecule has 0 radical (unpaired) electrons. The molecule has 26 heavy (non-hydrogen) atoms. The van der Waals surface area contributed by atoms with Crippen molar-refractivity contribution < 1.29 is 13.9 Å². The van der Waals surface area contributed by atoms with E-state index in [2.05, 4.69) is 11.9 Å². The van der Waals surface area contributed by atoms with Gasteiger partial charge < -0.3 is 4.74 Å². The number of hydrogen-bond donors (Lipinski definition) is 0. The molecule has 4 atom stereocenters. The molecule has 2 aromatic carbocycles. The van der Waals surface area contributed by atoms with Gasteiger partial charge in [0, 0.05) is 23.0 Å². The number of fused-ring (bicyclic) bond motifs is 2. The van der Waals surface area contributed by atoms with E-state index in [4.69, 9.17) is 16.3 Å². The van der Waals surface area contributed by atoms with E-state index in [1.165, 1.54) is 12.1 Å². The summed E-state index contributed by atoms with van der Waals surface area (Å²) in [7, 11) is 2.09. The van der Waals surface area contributed by atoms with E-state index in [1.54, 1.807) is 36.4 Å². The summed E-state index contributed by atoms with van der Waals surface area (Å²) >= 11 is 5.91. The van der Waals surface area contributed by atoms with Crippen molar-refractivity contribution in [2.75, 3.05) is 7.05 Å². The zero-order valence-corrected chi connectivity index (χ0v) is 15.3. The predicted octanol–water partition coefficient (Wildman–Crippen LogP) is 4.65. The molecule has 136 valence electrons. The Morgan fingerprint density at radius 3 is 2.50 bits per heavy atom. The highest BCUT2D eigenvalue weighted by molar-refractivity contribution is 6.30. The van der Waals surface area contributed by atoms with Crippen molar-refractivity contribution in [3.8, 4) is 5.75 Å². The average molecular weight is 374 g/mol. The van der Waals surface area contributed by atoms with E-state index in [-0.39, 0.29) is 29.7 Å². The van der Waals surface area contributed by atoms with E-state index in [9.17, 15) is 9.18 Å². The van der Waals surface area contributed by atoms with Gasteiger partial charge in [-0.2, -0.15) is 0 Å². The van der Waals surface area contributed by atoms with Gasteiger partial charge in [-0.25, -0.2) is 4.39 Å². The molecule has 2 saturated heterocycles. The summed E-state index contributed by atoms with van der Waals surface area (Å²) in [4.78, 5) is 15.4. The molecule has 0 aliphatic carbocycles. The van der Waals surface area contributed by atoms with Crippen molar-refractivity contribution >= 4 is 17.6 Å². The first-order valence-corrected chi connectivity index (χ1v) is 9.35. The molecule has 2 aliphatic heterocycles. The molecule has 2 bridgehead atoms. The number of piperidine rings is 1. The monoisotopic (exact) mass is 373 g/mol. The number of esters is 1. The lowest BCUT2D eigenvalue weighted by atomic mass is 9.76. The minimum Gasteiger partial charge on any atom is -0.426 e. The second-order valence-corrected chi connectivity index (χ2v) is 7.69. The molecule has 3 nitrogen and oxygen atoms in total. The Balaban J connectivity index is 1.63. The molecule has 0 amide bonds. The molecule has 5 heteroatoms. The van der Waals surface area contributed by atoms with Gasteiger partial charge in [0.1, 0.15) is 11.6 Å². The lowest BCUT2D eigenvalue weighted by Gasteiger charge is -2.41. The fraction of sp³-hybridized carbons (Fsp3) is 0.381. The number of hydrogen-bond acceptors (Lipinski definition) is 3. The maximum atomic E-state index is 13.3. The number of carbonyl (C=O) groups excluding carboxylic acids is 1. The summed E-state index contributed by atoms with van der Waals surface area (Å²) in [5.74, 6) is -0.201. The summed E-state index contributed by atoms with van der Waals surface area (Å²) < 4.78 is 19.0. The van der Waals surface area contributed by atoms with E-state index >= 15 is 0 Å². The third-order valence-electron chi connectivity index (χ3n) is 5.87. The highest BCUT2D eigenvalue weighted by atomic mass is 35.5. The summed E-state index contributed by atoms with van der Waals surface area (Å²) in [6.07, 6.45) is 2.96. The lowest BCUT2D eigenvalue weighted by molar-refractivity contribution is -0.143. The van der Waals surface area contributed by atoms with Gasteiger partial charge in [-0.1, -0.05) is 23.7 Å². The zero-order chi connectivity index (χ0) is 18.3. The van der Waals surface area contributed by atoms with Gasteiger partial charge in [-0.3, -0.25) is 9.69 Å². The minimum absolute atomic E-state index is 0.0455. The van der Waals surface area contributed by atoms with Gasteiger partial charge >= 0.3 is 5.97 Å². The van der Waals surface area contributed by atoms with Crippen LogP contribution in [0.5, 0.6) is 5.75 Å². The standard InChI is InChI=1S/C21H21ClFNO2/c1-24-16-8-11-19(24)20(18(12-16)13-2-6-15(23)7-3-13)21(25)26-17-9-4-14(22)5-10-17/h2-7,9-10,16,18-20H,8,11-12H2,1H3/t16?,18-,19-,20-/m1/s1. The van der Waals surface area contributed by atoms with Crippen LogP contribution in [0, 0.1) is 11.7 Å². The fourth-order valence-corrected chi connectivity index (χ4v) is 4.65. The SMILES string of the molecule is CN1C2CC[C@@H]1[C@H](C(=O)Oc1ccc(Cl)cc1)[C@@H](c1ccc(F)cc1)C2. The maximum Gasteiger partial charge on any atom is 0.316 e. The van der Waals surface area contributed by atoms with Crippen molar-refractivity contribution in [3.63, 3.8) is 0 Å². The van der Waals surface area contributed by atoms with Crippen molar-refractivity contribution in [1.29, 1.82) is 0 Å². The highest BCUT2D eigenvalue weighted by Gasteiger charge is 2.49. The lowest BCUT2D eigenvalue weighted by Crippen LogP contribution is -2.49. The van der Waals surface area contributed by atoms with Crippen LogP contribution in [-0.2, 0) is 4.79 Å². The van der Waals surface area contributed by atoms with Crippen molar-refractivity contribution in [2.24, 2.45) is 5.92 Å². The van der Waals surface area contributed by atoms with Crippen LogP contribution in [0.3, 0.4) is 0 Å². The topological polar surface area (TPSA) is 29.5 Å².